The van der Waals surface area contributed by atoms with Crippen molar-refractivity contribution in [3.05, 3.63) is 144 Å². The molecule has 0 aliphatic carbocycles. The highest BCUT2D eigenvalue weighted by Gasteiger charge is 2.35. The van der Waals surface area contributed by atoms with Gasteiger partial charge in [0.15, 0.2) is 4.80 Å². The minimum Gasteiger partial charge on any atom is -0.497 e. The number of carbonyl (C=O) groups is 1. The number of ether oxygens (including phenoxy) is 2. The molecule has 5 aromatic rings. The van der Waals surface area contributed by atoms with E-state index in [-0.39, 0.29) is 12.2 Å². The molecule has 222 valence electrons. The summed E-state index contributed by atoms with van der Waals surface area (Å²) in [4.78, 5) is 33.4. The molecule has 0 N–H and O–H groups in total. The van der Waals surface area contributed by atoms with Crippen LogP contribution >= 0.6 is 11.3 Å². The van der Waals surface area contributed by atoms with E-state index < -0.39 is 12.0 Å². The topological polar surface area (TPSA) is 74.8 Å². The average Bonchev–Trinajstić information content (AvgIpc) is 3.50. The Morgan fingerprint density at radius 1 is 0.977 bits per heavy atom. The average molecular weight is 604 g/mol. The van der Waals surface area contributed by atoms with Crippen LogP contribution in [0.1, 0.15) is 46.6 Å². The monoisotopic (exact) mass is 603 g/mol. The highest BCUT2D eigenvalue weighted by atomic mass is 32.1. The maximum absolute atomic E-state index is 14.3. The van der Waals surface area contributed by atoms with Crippen molar-refractivity contribution in [2.45, 2.75) is 33.7 Å². The lowest BCUT2D eigenvalue weighted by Crippen LogP contribution is -2.40. The maximum Gasteiger partial charge on any atom is 0.338 e. The molecular weight excluding hydrogens is 570 g/mol. The molecule has 7 nitrogen and oxygen atoms in total. The van der Waals surface area contributed by atoms with E-state index in [4.69, 9.17) is 14.5 Å². The van der Waals surface area contributed by atoms with E-state index in [1.54, 1.807) is 18.6 Å². The van der Waals surface area contributed by atoms with Crippen molar-refractivity contribution < 1.29 is 14.3 Å². The van der Waals surface area contributed by atoms with E-state index in [0.717, 1.165) is 33.8 Å². The molecular formula is C36H33N3O4S. The zero-order valence-electron chi connectivity index (χ0n) is 25.3. The molecule has 0 saturated heterocycles. The Hall–Kier alpha value is -4.95. The summed E-state index contributed by atoms with van der Waals surface area (Å²) in [5.74, 6) is 0.105. The number of nitrogens with zero attached hydrogens (tertiary/aromatic N) is 3. The fourth-order valence-electron chi connectivity index (χ4n) is 5.73. The largest absolute Gasteiger partial charge is 0.497 e. The van der Waals surface area contributed by atoms with Crippen molar-refractivity contribution >= 4 is 29.1 Å². The first-order chi connectivity index (χ1) is 21.3. The third-order valence-corrected chi connectivity index (χ3v) is 8.82. The number of rotatable bonds is 7. The lowest BCUT2D eigenvalue weighted by Gasteiger charge is -2.26. The Morgan fingerprint density at radius 2 is 1.73 bits per heavy atom. The number of hydrogen-bond acceptors (Lipinski definition) is 6. The highest BCUT2D eigenvalue weighted by Crippen LogP contribution is 2.36. The molecule has 3 heterocycles. The predicted molar refractivity (Wildman–Crippen MR) is 174 cm³/mol. The van der Waals surface area contributed by atoms with Gasteiger partial charge in [-0.05, 0) is 75.2 Å². The Bertz CT molecular complexity index is 2080. The Balaban J connectivity index is 1.60. The van der Waals surface area contributed by atoms with Crippen LogP contribution in [0.4, 0.5) is 0 Å². The molecule has 0 saturated carbocycles. The molecule has 0 unspecified atom stereocenters. The van der Waals surface area contributed by atoms with Crippen molar-refractivity contribution in [3.63, 3.8) is 0 Å². The van der Waals surface area contributed by atoms with Crippen molar-refractivity contribution in [1.29, 1.82) is 0 Å². The normalized spacial score (nSPS) is 14.8. The number of esters is 1. The summed E-state index contributed by atoms with van der Waals surface area (Å²) < 4.78 is 15.4. The van der Waals surface area contributed by atoms with Gasteiger partial charge in [0.1, 0.15) is 5.75 Å². The molecule has 1 aliphatic heterocycles. The second-order valence-electron chi connectivity index (χ2n) is 10.7. The third-order valence-electron chi connectivity index (χ3n) is 7.83. The second-order valence-corrected chi connectivity index (χ2v) is 11.7. The number of thiazole rings is 1. The van der Waals surface area contributed by atoms with Crippen LogP contribution < -0.4 is 19.6 Å². The standard InChI is InChI=1S/C36H33N3O4S/c1-6-43-35(41)31-32(25-11-8-7-9-12-25)37-36-39(33(31)26-13-10-14-29(20-26)42-5)34(40)30(44-36)21-27-19-23(3)38(24(27)4)28-17-15-22(2)16-18-28/h7-21,33H,6H2,1-5H3/b30-21-/t33-/m1/s1. The Labute approximate surface area is 259 Å². The smallest absolute Gasteiger partial charge is 0.338 e. The van der Waals surface area contributed by atoms with Crippen LogP contribution in [0.25, 0.3) is 17.5 Å². The van der Waals surface area contributed by atoms with E-state index in [1.165, 1.54) is 16.9 Å². The number of hydrogen-bond donors (Lipinski definition) is 0. The SMILES string of the molecule is CCOC(=O)C1=C(c2ccccc2)N=c2s/c(=C\c3cc(C)n(-c4ccc(C)cc4)c3C)c(=O)n2[C@@H]1c1cccc(OC)c1. The van der Waals surface area contributed by atoms with Gasteiger partial charge >= 0.3 is 5.97 Å². The summed E-state index contributed by atoms with van der Waals surface area (Å²) in [7, 11) is 1.59. The number of fused-ring (bicyclic) bond motifs is 1. The predicted octanol–water partition coefficient (Wildman–Crippen LogP) is 5.66. The molecule has 1 aliphatic rings. The summed E-state index contributed by atoms with van der Waals surface area (Å²) in [6.45, 7) is 8.15. The highest BCUT2D eigenvalue weighted by molar-refractivity contribution is 7.07. The second kappa shape index (κ2) is 12.0. The maximum atomic E-state index is 14.3. The summed E-state index contributed by atoms with van der Waals surface area (Å²) in [5, 5.41) is 0. The van der Waals surface area contributed by atoms with Gasteiger partial charge in [0.05, 0.1) is 35.6 Å². The molecule has 3 aromatic carbocycles. The lowest BCUT2D eigenvalue weighted by molar-refractivity contribution is -0.138. The summed E-state index contributed by atoms with van der Waals surface area (Å²) in [5.41, 5.74) is 7.36. The first-order valence-electron chi connectivity index (χ1n) is 14.5. The minimum absolute atomic E-state index is 0.191. The molecule has 0 radical (unpaired) electrons. The van der Waals surface area contributed by atoms with Gasteiger partial charge in [0, 0.05) is 22.6 Å². The van der Waals surface area contributed by atoms with Gasteiger partial charge < -0.3 is 14.0 Å². The van der Waals surface area contributed by atoms with Gasteiger partial charge in [-0.25, -0.2) is 9.79 Å². The Kier molecular flexibility index (Phi) is 7.93. The van der Waals surface area contributed by atoms with E-state index >= 15 is 0 Å². The zero-order chi connectivity index (χ0) is 31.0. The first-order valence-corrected chi connectivity index (χ1v) is 15.3. The zero-order valence-corrected chi connectivity index (χ0v) is 26.1. The van der Waals surface area contributed by atoms with Gasteiger partial charge in [0.2, 0.25) is 0 Å². The molecule has 44 heavy (non-hydrogen) atoms. The van der Waals surface area contributed by atoms with E-state index in [1.807, 2.05) is 60.7 Å². The van der Waals surface area contributed by atoms with Crippen LogP contribution in [0.2, 0.25) is 0 Å². The van der Waals surface area contributed by atoms with Crippen LogP contribution in [-0.2, 0) is 9.53 Å². The van der Waals surface area contributed by atoms with E-state index in [2.05, 4.69) is 55.7 Å². The number of aromatic nitrogens is 2. The van der Waals surface area contributed by atoms with E-state index in [0.29, 0.717) is 26.4 Å². The minimum atomic E-state index is -0.766. The number of aryl methyl sites for hydroxylation is 2. The Morgan fingerprint density at radius 3 is 2.43 bits per heavy atom. The van der Waals surface area contributed by atoms with Gasteiger partial charge in [-0.15, -0.1) is 0 Å². The quantitative estimate of drug-likeness (QED) is 0.225. The fraction of sp³-hybridized carbons (Fsp3) is 0.194. The van der Waals surface area contributed by atoms with Crippen LogP contribution in [0.3, 0.4) is 0 Å². The van der Waals surface area contributed by atoms with Gasteiger partial charge in [-0.3, -0.25) is 9.36 Å². The molecule has 0 fully saturated rings. The summed E-state index contributed by atoms with van der Waals surface area (Å²) in [6.07, 6.45) is 1.93. The third kappa shape index (κ3) is 5.22. The van der Waals surface area contributed by atoms with Crippen LogP contribution in [-0.4, -0.2) is 28.8 Å². The van der Waals surface area contributed by atoms with Gasteiger partial charge in [0.25, 0.3) is 5.56 Å². The molecule has 0 bridgehead atoms. The van der Waals surface area contributed by atoms with Gasteiger partial charge in [-0.2, -0.15) is 0 Å². The first kappa shape index (κ1) is 29.1. The van der Waals surface area contributed by atoms with Crippen LogP contribution in [0, 0.1) is 20.8 Å². The van der Waals surface area contributed by atoms with Gasteiger partial charge in [-0.1, -0.05) is 71.5 Å². The molecule has 6 rings (SSSR count). The molecule has 8 heteroatoms. The number of methoxy groups -OCH3 is 1. The van der Waals surface area contributed by atoms with Crippen molar-refractivity contribution in [2.75, 3.05) is 13.7 Å². The summed E-state index contributed by atoms with van der Waals surface area (Å²) >= 11 is 1.31. The lowest BCUT2D eigenvalue weighted by atomic mass is 9.93. The molecule has 1 atom stereocenters. The van der Waals surface area contributed by atoms with Crippen molar-refractivity contribution in [3.8, 4) is 11.4 Å². The van der Waals surface area contributed by atoms with Crippen LogP contribution in [0.5, 0.6) is 5.75 Å². The van der Waals surface area contributed by atoms with Crippen molar-refractivity contribution in [1.82, 2.24) is 9.13 Å². The fourth-order valence-corrected chi connectivity index (χ4v) is 6.73. The van der Waals surface area contributed by atoms with E-state index in [9.17, 15) is 9.59 Å². The molecule has 0 amide bonds. The summed E-state index contributed by atoms with van der Waals surface area (Å²) in [6, 6.07) is 26.7. The molecule has 2 aromatic heterocycles. The number of carbonyl (C=O) groups excluding carboxylic acids is 1. The van der Waals surface area contributed by atoms with Crippen LogP contribution in [0.15, 0.2) is 100 Å². The van der Waals surface area contributed by atoms with Crippen molar-refractivity contribution in [2.24, 2.45) is 4.99 Å². The number of benzene rings is 3. The molecule has 0 spiro atoms.